The Bertz CT molecular complexity index is 807. The van der Waals surface area contributed by atoms with Crippen molar-refractivity contribution in [2.24, 2.45) is 0 Å². The van der Waals surface area contributed by atoms with Gasteiger partial charge in [0.15, 0.2) is 0 Å². The number of ketones is 1. The van der Waals surface area contributed by atoms with Crippen molar-refractivity contribution in [1.82, 2.24) is 4.98 Å². The quantitative estimate of drug-likeness (QED) is 0.675. The average Bonchev–Trinajstić information content (AvgIpc) is 2.72. The number of hydrogen-bond donors (Lipinski definition) is 1. The lowest BCUT2D eigenvalue weighted by atomic mass is 10.0. The standard InChI is InChI=1S/C15H10N2O4/c1-8-5-6-10(16-7-8)13-14(18)9-3-2-4-11(17(20)21)12(9)15(13)19/h2-7,18H,1H3. The van der Waals surface area contributed by atoms with Crippen LogP contribution in [0.25, 0.3) is 11.3 Å². The van der Waals surface area contributed by atoms with Gasteiger partial charge in [0.25, 0.3) is 5.69 Å². The maximum absolute atomic E-state index is 12.5. The fourth-order valence-corrected chi connectivity index (χ4v) is 2.35. The number of fused-ring (bicyclic) bond motifs is 1. The highest BCUT2D eigenvalue weighted by Crippen LogP contribution is 2.40. The summed E-state index contributed by atoms with van der Waals surface area (Å²) in [4.78, 5) is 27.0. The highest BCUT2D eigenvalue weighted by Gasteiger charge is 2.37. The number of aryl methyl sites for hydroxylation is 1. The summed E-state index contributed by atoms with van der Waals surface area (Å²) >= 11 is 0. The fraction of sp³-hybridized carbons (Fsp3) is 0.0667. The summed E-state index contributed by atoms with van der Waals surface area (Å²) in [5, 5.41) is 21.3. The first-order chi connectivity index (χ1) is 10.0. The molecule has 1 aromatic carbocycles. The molecule has 1 N–H and O–H groups in total. The van der Waals surface area contributed by atoms with E-state index in [0.717, 1.165) is 5.56 Å². The van der Waals surface area contributed by atoms with E-state index in [9.17, 15) is 20.0 Å². The number of allylic oxidation sites excluding steroid dienone is 1. The molecule has 6 heteroatoms. The van der Waals surface area contributed by atoms with Crippen molar-refractivity contribution in [2.45, 2.75) is 6.92 Å². The Morgan fingerprint density at radius 2 is 2.00 bits per heavy atom. The van der Waals surface area contributed by atoms with E-state index in [-0.39, 0.29) is 28.1 Å². The highest BCUT2D eigenvalue weighted by atomic mass is 16.6. The second-order valence-electron chi connectivity index (χ2n) is 4.73. The molecule has 0 aliphatic heterocycles. The van der Waals surface area contributed by atoms with Gasteiger partial charge in [-0.05, 0) is 24.6 Å². The van der Waals surface area contributed by atoms with Gasteiger partial charge in [-0.25, -0.2) is 0 Å². The summed E-state index contributed by atoms with van der Waals surface area (Å²) in [6, 6.07) is 7.53. The van der Waals surface area contributed by atoms with Crippen molar-refractivity contribution in [2.75, 3.05) is 0 Å². The molecule has 3 rings (SSSR count). The van der Waals surface area contributed by atoms with E-state index < -0.39 is 10.7 Å². The van der Waals surface area contributed by atoms with Crippen LogP contribution < -0.4 is 0 Å². The minimum atomic E-state index is -0.629. The molecule has 104 valence electrons. The third-order valence-electron chi connectivity index (χ3n) is 3.35. The molecule has 1 heterocycles. The molecular formula is C15H10N2O4. The number of carbonyl (C=O) groups is 1. The van der Waals surface area contributed by atoms with Crippen molar-refractivity contribution in [3.63, 3.8) is 0 Å². The topological polar surface area (TPSA) is 93.3 Å². The number of hydrogen-bond acceptors (Lipinski definition) is 5. The number of nitro groups is 1. The average molecular weight is 282 g/mol. The molecule has 1 aliphatic carbocycles. The Morgan fingerprint density at radius 1 is 1.24 bits per heavy atom. The van der Waals surface area contributed by atoms with Crippen molar-refractivity contribution in [1.29, 1.82) is 0 Å². The molecule has 0 saturated heterocycles. The van der Waals surface area contributed by atoms with Gasteiger partial charge in [-0.15, -0.1) is 0 Å². The SMILES string of the molecule is Cc1ccc(C2=C(O)c3cccc([N+](=O)[O-])c3C2=O)nc1. The van der Waals surface area contributed by atoms with Gasteiger partial charge in [0.05, 0.1) is 16.2 Å². The molecule has 0 bridgehead atoms. The molecule has 1 aromatic heterocycles. The first kappa shape index (κ1) is 13.0. The van der Waals surface area contributed by atoms with Gasteiger partial charge in [-0.3, -0.25) is 19.9 Å². The van der Waals surface area contributed by atoms with Crippen LogP contribution in [-0.2, 0) is 0 Å². The number of aliphatic hydroxyl groups excluding tert-OH is 1. The second kappa shape index (κ2) is 4.52. The van der Waals surface area contributed by atoms with Gasteiger partial charge in [-0.2, -0.15) is 0 Å². The van der Waals surface area contributed by atoms with Gasteiger partial charge in [0.2, 0.25) is 5.78 Å². The lowest BCUT2D eigenvalue weighted by Gasteiger charge is -2.01. The Kier molecular flexibility index (Phi) is 2.79. The zero-order valence-electron chi connectivity index (χ0n) is 11.0. The van der Waals surface area contributed by atoms with Crippen LogP contribution >= 0.6 is 0 Å². The maximum Gasteiger partial charge on any atom is 0.281 e. The Balaban J connectivity index is 2.20. The predicted molar refractivity (Wildman–Crippen MR) is 75.8 cm³/mol. The monoisotopic (exact) mass is 282 g/mol. The maximum atomic E-state index is 12.5. The van der Waals surface area contributed by atoms with Crippen molar-refractivity contribution < 1.29 is 14.8 Å². The summed E-state index contributed by atoms with van der Waals surface area (Å²) in [7, 11) is 0. The molecule has 2 aromatic rings. The molecule has 0 atom stereocenters. The van der Waals surface area contributed by atoms with Gasteiger partial charge < -0.3 is 5.11 Å². The number of pyridine rings is 1. The lowest BCUT2D eigenvalue weighted by Crippen LogP contribution is -2.04. The summed E-state index contributed by atoms with van der Waals surface area (Å²) in [5.74, 6) is -0.846. The van der Waals surface area contributed by atoms with Crippen LogP contribution in [0.15, 0.2) is 36.5 Å². The van der Waals surface area contributed by atoms with E-state index in [2.05, 4.69) is 4.98 Å². The summed E-state index contributed by atoms with van der Waals surface area (Å²) < 4.78 is 0. The van der Waals surface area contributed by atoms with Crippen LogP contribution in [0.3, 0.4) is 0 Å². The number of benzene rings is 1. The van der Waals surface area contributed by atoms with Gasteiger partial charge in [-0.1, -0.05) is 12.1 Å². The van der Waals surface area contributed by atoms with Crippen molar-refractivity contribution in [3.05, 3.63) is 69.0 Å². The van der Waals surface area contributed by atoms with Gasteiger partial charge in [0, 0.05) is 17.8 Å². The second-order valence-corrected chi connectivity index (χ2v) is 4.73. The molecule has 0 unspecified atom stereocenters. The smallest absolute Gasteiger partial charge is 0.281 e. The predicted octanol–water partition coefficient (Wildman–Crippen LogP) is 2.92. The van der Waals surface area contributed by atoms with E-state index in [4.69, 9.17) is 0 Å². The highest BCUT2D eigenvalue weighted by molar-refractivity contribution is 6.39. The van der Waals surface area contributed by atoms with Crippen LogP contribution in [0.2, 0.25) is 0 Å². The first-order valence-corrected chi connectivity index (χ1v) is 6.19. The molecule has 0 amide bonds. The zero-order valence-corrected chi connectivity index (χ0v) is 11.0. The molecular weight excluding hydrogens is 272 g/mol. The number of Topliss-reactive ketones (excluding diaryl/α,β-unsaturated/α-hetero) is 1. The van der Waals surface area contributed by atoms with Crippen molar-refractivity contribution >= 4 is 22.8 Å². The van der Waals surface area contributed by atoms with Crippen LogP contribution in [0.4, 0.5) is 5.69 Å². The van der Waals surface area contributed by atoms with E-state index >= 15 is 0 Å². The number of aromatic nitrogens is 1. The number of nitro benzene ring substituents is 1. The molecule has 0 fully saturated rings. The van der Waals surface area contributed by atoms with E-state index in [1.54, 1.807) is 18.3 Å². The number of rotatable bonds is 2. The van der Waals surface area contributed by atoms with Crippen LogP contribution in [0, 0.1) is 17.0 Å². The normalized spacial score (nSPS) is 13.5. The van der Waals surface area contributed by atoms with Crippen LogP contribution in [0.5, 0.6) is 0 Å². The van der Waals surface area contributed by atoms with E-state index in [1.807, 2.05) is 6.92 Å². The first-order valence-electron chi connectivity index (χ1n) is 6.19. The van der Waals surface area contributed by atoms with Crippen LogP contribution in [-0.4, -0.2) is 20.8 Å². The molecule has 0 radical (unpaired) electrons. The number of nitrogens with zero attached hydrogens (tertiary/aromatic N) is 2. The van der Waals surface area contributed by atoms with Gasteiger partial charge >= 0.3 is 0 Å². The third kappa shape index (κ3) is 1.88. The largest absolute Gasteiger partial charge is 0.506 e. The van der Waals surface area contributed by atoms with Crippen molar-refractivity contribution in [3.8, 4) is 0 Å². The number of aliphatic hydroxyl groups is 1. The minimum absolute atomic E-state index is 0.000648. The molecule has 21 heavy (non-hydrogen) atoms. The summed E-state index contributed by atoms with van der Waals surface area (Å²) in [6.07, 6.45) is 1.57. The molecule has 1 aliphatic rings. The molecule has 0 spiro atoms. The zero-order chi connectivity index (χ0) is 15.1. The Hall–Kier alpha value is -3.02. The van der Waals surface area contributed by atoms with E-state index in [1.165, 1.54) is 18.2 Å². The van der Waals surface area contributed by atoms with E-state index in [0.29, 0.717) is 5.69 Å². The summed E-state index contributed by atoms with van der Waals surface area (Å²) in [5.41, 5.74) is 0.982. The fourth-order valence-electron chi connectivity index (χ4n) is 2.35. The number of carbonyl (C=O) groups excluding carboxylic acids is 1. The lowest BCUT2D eigenvalue weighted by molar-refractivity contribution is -0.385. The van der Waals surface area contributed by atoms with Crippen LogP contribution in [0.1, 0.15) is 27.2 Å². The van der Waals surface area contributed by atoms with Gasteiger partial charge in [0.1, 0.15) is 11.3 Å². The summed E-state index contributed by atoms with van der Waals surface area (Å²) in [6.45, 7) is 1.85. The molecule has 0 saturated carbocycles. The molecule has 6 nitrogen and oxygen atoms in total. The Morgan fingerprint density at radius 3 is 2.62 bits per heavy atom. The third-order valence-corrected chi connectivity index (χ3v) is 3.35. The minimum Gasteiger partial charge on any atom is -0.506 e. The Labute approximate surface area is 119 Å².